The van der Waals surface area contributed by atoms with Gasteiger partial charge in [-0.05, 0) is 31.0 Å². The van der Waals surface area contributed by atoms with Crippen LogP contribution in [-0.2, 0) is 0 Å². The molecule has 1 atom stereocenters. The van der Waals surface area contributed by atoms with Crippen LogP contribution in [0.15, 0.2) is 36.7 Å². The van der Waals surface area contributed by atoms with Gasteiger partial charge in [0.15, 0.2) is 0 Å². The van der Waals surface area contributed by atoms with Crippen molar-refractivity contribution in [3.05, 3.63) is 47.2 Å². The van der Waals surface area contributed by atoms with Crippen molar-refractivity contribution >= 4 is 17.5 Å². The van der Waals surface area contributed by atoms with Crippen molar-refractivity contribution in [2.75, 3.05) is 11.9 Å². The average molecular weight is 276 g/mol. The molecular formula is C14H14ClN3O. The van der Waals surface area contributed by atoms with E-state index in [2.05, 4.69) is 15.3 Å². The van der Waals surface area contributed by atoms with Crippen molar-refractivity contribution in [1.82, 2.24) is 9.97 Å². The third-order valence-corrected chi connectivity index (χ3v) is 3.35. The van der Waals surface area contributed by atoms with Crippen molar-refractivity contribution in [3.63, 3.8) is 0 Å². The summed E-state index contributed by atoms with van der Waals surface area (Å²) in [5.74, 6) is 1.48. The minimum absolute atomic E-state index is 0.150. The Kier molecular flexibility index (Phi) is 3.51. The van der Waals surface area contributed by atoms with Gasteiger partial charge in [0.05, 0.1) is 12.6 Å². The fourth-order valence-electron chi connectivity index (χ4n) is 2.23. The molecule has 0 bridgehead atoms. The van der Waals surface area contributed by atoms with Gasteiger partial charge < -0.3 is 10.1 Å². The van der Waals surface area contributed by atoms with Crippen LogP contribution in [0.1, 0.15) is 24.4 Å². The standard InChI is InChI=1S/C14H14ClN3O/c15-10-4-5-11-12(3-1-8-19-13(11)9-10)18-14-16-6-2-7-17-14/h2,4-7,9,12H,1,3,8H2,(H,16,17,18). The van der Waals surface area contributed by atoms with Crippen LogP contribution in [0.4, 0.5) is 5.95 Å². The first-order valence-electron chi connectivity index (χ1n) is 6.29. The lowest BCUT2D eigenvalue weighted by Crippen LogP contribution is -2.12. The van der Waals surface area contributed by atoms with Crippen LogP contribution < -0.4 is 10.1 Å². The average Bonchev–Trinajstić information content (AvgIpc) is 2.62. The number of fused-ring (bicyclic) bond motifs is 1. The first-order chi connectivity index (χ1) is 9.33. The quantitative estimate of drug-likeness (QED) is 0.912. The van der Waals surface area contributed by atoms with Crippen molar-refractivity contribution in [2.45, 2.75) is 18.9 Å². The van der Waals surface area contributed by atoms with Gasteiger partial charge in [-0.15, -0.1) is 0 Å². The van der Waals surface area contributed by atoms with Gasteiger partial charge in [0.25, 0.3) is 0 Å². The Morgan fingerprint density at radius 3 is 2.95 bits per heavy atom. The normalized spacial score (nSPS) is 18.1. The Morgan fingerprint density at radius 2 is 2.11 bits per heavy atom. The second kappa shape index (κ2) is 5.45. The molecule has 19 heavy (non-hydrogen) atoms. The second-order valence-electron chi connectivity index (χ2n) is 4.44. The number of hydrogen-bond acceptors (Lipinski definition) is 4. The molecule has 98 valence electrons. The molecule has 0 spiro atoms. The first kappa shape index (κ1) is 12.2. The smallest absolute Gasteiger partial charge is 0.223 e. The highest BCUT2D eigenvalue weighted by molar-refractivity contribution is 6.30. The highest BCUT2D eigenvalue weighted by Gasteiger charge is 2.20. The van der Waals surface area contributed by atoms with Gasteiger partial charge in [-0.2, -0.15) is 0 Å². The monoisotopic (exact) mass is 275 g/mol. The molecule has 1 N–H and O–H groups in total. The SMILES string of the molecule is Clc1ccc2c(c1)OCCCC2Nc1ncccn1. The van der Waals surface area contributed by atoms with Gasteiger partial charge in [-0.3, -0.25) is 0 Å². The molecule has 1 aromatic carbocycles. The summed E-state index contributed by atoms with van der Waals surface area (Å²) in [6.07, 6.45) is 5.42. The molecule has 0 saturated heterocycles. The summed E-state index contributed by atoms with van der Waals surface area (Å²) < 4.78 is 5.73. The largest absolute Gasteiger partial charge is 0.493 e. The Morgan fingerprint density at radius 1 is 1.26 bits per heavy atom. The van der Waals surface area contributed by atoms with Crippen LogP contribution in [0.3, 0.4) is 0 Å². The number of nitrogens with zero attached hydrogens (tertiary/aromatic N) is 2. The lowest BCUT2D eigenvalue weighted by atomic mass is 10.0. The summed E-state index contributed by atoms with van der Waals surface area (Å²) in [7, 11) is 0. The van der Waals surface area contributed by atoms with Crippen molar-refractivity contribution < 1.29 is 4.74 Å². The van der Waals surface area contributed by atoms with E-state index >= 15 is 0 Å². The number of ether oxygens (including phenoxy) is 1. The molecule has 3 rings (SSSR count). The molecule has 2 aromatic rings. The number of rotatable bonds is 2. The molecule has 0 radical (unpaired) electrons. The predicted molar refractivity (Wildman–Crippen MR) is 74.6 cm³/mol. The lowest BCUT2D eigenvalue weighted by molar-refractivity contribution is 0.316. The Balaban J connectivity index is 1.90. The van der Waals surface area contributed by atoms with Crippen molar-refractivity contribution in [3.8, 4) is 5.75 Å². The van der Waals surface area contributed by atoms with Crippen LogP contribution in [0.25, 0.3) is 0 Å². The van der Waals surface area contributed by atoms with Crippen molar-refractivity contribution in [2.24, 2.45) is 0 Å². The summed E-state index contributed by atoms with van der Waals surface area (Å²) in [6, 6.07) is 7.70. The van der Waals surface area contributed by atoms with E-state index in [-0.39, 0.29) is 6.04 Å². The van der Waals surface area contributed by atoms with Crippen molar-refractivity contribution in [1.29, 1.82) is 0 Å². The zero-order valence-electron chi connectivity index (χ0n) is 10.3. The van der Waals surface area contributed by atoms with E-state index in [9.17, 15) is 0 Å². The van der Waals surface area contributed by atoms with E-state index < -0.39 is 0 Å². The number of anilines is 1. The highest BCUT2D eigenvalue weighted by atomic mass is 35.5. The van der Waals surface area contributed by atoms with E-state index in [0.29, 0.717) is 17.6 Å². The summed E-state index contributed by atoms with van der Waals surface area (Å²) in [5.41, 5.74) is 1.11. The fraction of sp³-hybridized carbons (Fsp3) is 0.286. The summed E-state index contributed by atoms with van der Waals surface area (Å²) in [5, 5.41) is 4.04. The topological polar surface area (TPSA) is 47.0 Å². The Hall–Kier alpha value is -1.81. The predicted octanol–water partition coefficient (Wildman–Crippen LogP) is 3.46. The molecule has 1 unspecified atom stereocenters. The number of halogens is 1. The minimum Gasteiger partial charge on any atom is -0.493 e. The zero-order valence-corrected chi connectivity index (χ0v) is 11.1. The maximum Gasteiger partial charge on any atom is 0.223 e. The fourth-order valence-corrected chi connectivity index (χ4v) is 2.39. The van der Waals surface area contributed by atoms with Crippen LogP contribution >= 0.6 is 11.6 Å². The molecule has 0 saturated carbocycles. The Bertz CT molecular complexity index is 562. The van der Waals surface area contributed by atoms with Crippen LogP contribution in [0, 0.1) is 0 Å². The zero-order chi connectivity index (χ0) is 13.1. The molecule has 0 amide bonds. The van der Waals surface area contributed by atoms with Crippen LogP contribution in [0.5, 0.6) is 5.75 Å². The van der Waals surface area contributed by atoms with E-state index in [1.54, 1.807) is 18.5 Å². The summed E-state index contributed by atoms with van der Waals surface area (Å²) in [6.45, 7) is 0.709. The highest BCUT2D eigenvalue weighted by Crippen LogP contribution is 2.34. The second-order valence-corrected chi connectivity index (χ2v) is 4.88. The molecule has 2 heterocycles. The third kappa shape index (κ3) is 2.79. The van der Waals surface area contributed by atoms with E-state index in [1.807, 2.05) is 18.2 Å². The van der Waals surface area contributed by atoms with E-state index in [4.69, 9.17) is 16.3 Å². The number of nitrogens with one attached hydrogen (secondary N) is 1. The van der Waals surface area contributed by atoms with Gasteiger partial charge in [-0.1, -0.05) is 17.7 Å². The molecule has 1 aromatic heterocycles. The van der Waals surface area contributed by atoms with Gasteiger partial charge in [0.1, 0.15) is 5.75 Å². The molecule has 1 aliphatic heterocycles. The molecule has 1 aliphatic rings. The van der Waals surface area contributed by atoms with Gasteiger partial charge in [0.2, 0.25) is 5.95 Å². The minimum atomic E-state index is 0.150. The third-order valence-electron chi connectivity index (χ3n) is 3.11. The number of aromatic nitrogens is 2. The molecule has 0 aliphatic carbocycles. The maximum atomic E-state index is 6.01. The summed E-state index contributed by atoms with van der Waals surface area (Å²) in [4.78, 5) is 8.41. The van der Waals surface area contributed by atoms with Gasteiger partial charge in [-0.25, -0.2) is 9.97 Å². The molecule has 4 nitrogen and oxygen atoms in total. The van der Waals surface area contributed by atoms with E-state index in [1.165, 1.54) is 0 Å². The van der Waals surface area contributed by atoms with Gasteiger partial charge in [0, 0.05) is 23.0 Å². The van der Waals surface area contributed by atoms with E-state index in [0.717, 1.165) is 24.2 Å². The van der Waals surface area contributed by atoms with Crippen LogP contribution in [-0.4, -0.2) is 16.6 Å². The van der Waals surface area contributed by atoms with Crippen LogP contribution in [0.2, 0.25) is 5.02 Å². The number of benzene rings is 1. The number of hydrogen-bond donors (Lipinski definition) is 1. The summed E-state index contributed by atoms with van der Waals surface area (Å²) >= 11 is 6.01. The molecule has 0 fully saturated rings. The molecule has 5 heteroatoms. The Labute approximate surface area is 116 Å². The van der Waals surface area contributed by atoms with Gasteiger partial charge >= 0.3 is 0 Å². The first-order valence-corrected chi connectivity index (χ1v) is 6.66. The lowest BCUT2D eigenvalue weighted by Gasteiger charge is -2.18. The molecular weight excluding hydrogens is 262 g/mol. The maximum absolute atomic E-state index is 6.01.